The Kier molecular flexibility index (Phi) is 8.38. The van der Waals surface area contributed by atoms with Gasteiger partial charge in [0.1, 0.15) is 24.5 Å². The van der Waals surface area contributed by atoms with Crippen molar-refractivity contribution in [3.05, 3.63) is 90.8 Å². The average molecular weight is 659 g/mol. The average Bonchev–Trinajstić information content (AvgIpc) is 3.60. The second kappa shape index (κ2) is 12.4. The summed E-state index contributed by atoms with van der Waals surface area (Å²) >= 11 is 12.5. The van der Waals surface area contributed by atoms with E-state index in [9.17, 15) is 23.2 Å². The van der Waals surface area contributed by atoms with E-state index in [0.717, 1.165) is 47.6 Å². The smallest absolute Gasteiger partial charge is 0.341 e. The van der Waals surface area contributed by atoms with E-state index in [4.69, 9.17) is 23.2 Å². The first kappa shape index (κ1) is 30.4. The lowest BCUT2D eigenvalue weighted by atomic mass is 10.1. The fraction of sp³-hybridized carbons (Fsp3) is 0.321. The molecule has 0 atom stereocenters. The van der Waals surface area contributed by atoms with Gasteiger partial charge >= 0.3 is 11.4 Å². The van der Waals surface area contributed by atoms with Crippen LogP contribution < -0.4 is 16.7 Å². The third-order valence-corrected chi connectivity index (χ3v) is 8.01. The summed E-state index contributed by atoms with van der Waals surface area (Å²) in [5.41, 5.74) is -1.15. The van der Waals surface area contributed by atoms with Gasteiger partial charge in [0.05, 0.1) is 34.3 Å². The minimum atomic E-state index is -0.966. The Hall–Kier alpha value is -4.63. The van der Waals surface area contributed by atoms with Gasteiger partial charge in [-0.3, -0.25) is 18.7 Å². The molecule has 0 saturated carbocycles. The number of aromatic nitrogens is 8. The highest BCUT2D eigenvalue weighted by Crippen LogP contribution is 2.30. The van der Waals surface area contributed by atoms with Crippen molar-refractivity contribution in [2.45, 2.75) is 38.9 Å². The van der Waals surface area contributed by atoms with Crippen molar-refractivity contribution in [3.8, 4) is 0 Å². The van der Waals surface area contributed by atoms with Gasteiger partial charge in [0, 0.05) is 43.4 Å². The topological polar surface area (TPSA) is 138 Å². The molecule has 0 unspecified atom stereocenters. The van der Waals surface area contributed by atoms with E-state index in [2.05, 4.69) is 25.5 Å². The molecule has 45 heavy (non-hydrogen) atoms. The first-order chi connectivity index (χ1) is 21.5. The van der Waals surface area contributed by atoms with Crippen LogP contribution in [0.1, 0.15) is 30.7 Å². The molecule has 1 N–H and O–H groups in total. The van der Waals surface area contributed by atoms with Crippen LogP contribution in [0, 0.1) is 11.6 Å². The van der Waals surface area contributed by atoms with E-state index in [1.807, 2.05) is 4.90 Å². The third kappa shape index (κ3) is 6.44. The maximum Gasteiger partial charge on any atom is 0.355 e. The first-order valence-electron chi connectivity index (χ1n) is 14.0. The number of rotatable bonds is 8. The van der Waals surface area contributed by atoms with Gasteiger partial charge in [-0.15, -0.1) is 0 Å². The van der Waals surface area contributed by atoms with E-state index in [0.29, 0.717) is 17.0 Å². The number of benzene rings is 2. The molecule has 1 saturated heterocycles. The van der Waals surface area contributed by atoms with Crippen molar-refractivity contribution in [2.24, 2.45) is 7.05 Å². The molecule has 1 aliphatic rings. The second-order valence-electron chi connectivity index (χ2n) is 10.6. The number of hydrogen-bond acceptors (Lipinski definition) is 8. The van der Waals surface area contributed by atoms with Gasteiger partial charge in [-0.1, -0.05) is 23.2 Å². The fourth-order valence-electron chi connectivity index (χ4n) is 5.13. The largest absolute Gasteiger partial charge is 0.355 e. The van der Waals surface area contributed by atoms with Crippen LogP contribution in [-0.2, 0) is 31.5 Å². The molecule has 13 nitrogen and oxygen atoms in total. The van der Waals surface area contributed by atoms with E-state index < -0.39 is 29.6 Å². The molecule has 0 spiro atoms. The fourth-order valence-corrected chi connectivity index (χ4v) is 5.52. The molecule has 6 rings (SSSR count). The van der Waals surface area contributed by atoms with Crippen molar-refractivity contribution in [1.29, 1.82) is 0 Å². The van der Waals surface area contributed by atoms with Gasteiger partial charge in [0.25, 0.3) is 0 Å². The van der Waals surface area contributed by atoms with Gasteiger partial charge in [-0.05, 0) is 37.5 Å². The van der Waals surface area contributed by atoms with Gasteiger partial charge in [-0.25, -0.2) is 27.9 Å². The van der Waals surface area contributed by atoms with Crippen LogP contribution in [0.5, 0.6) is 0 Å². The lowest BCUT2D eigenvalue weighted by molar-refractivity contribution is -0.132. The zero-order valence-corrected chi connectivity index (χ0v) is 25.4. The van der Waals surface area contributed by atoms with Gasteiger partial charge in [-0.2, -0.15) is 15.2 Å². The van der Waals surface area contributed by atoms with Gasteiger partial charge in [0.15, 0.2) is 5.82 Å². The van der Waals surface area contributed by atoms with Crippen LogP contribution >= 0.6 is 23.2 Å². The number of amides is 1. The number of carbonyl (C=O) groups is 1. The first-order valence-corrected chi connectivity index (χ1v) is 14.7. The number of fused-ring (bicyclic) bond motifs is 1. The Balaban J connectivity index is 1.36. The molecule has 234 valence electrons. The number of likely N-dealkylation sites (tertiary alicyclic amines) is 1. The summed E-state index contributed by atoms with van der Waals surface area (Å²) in [5, 5.41) is 11.9. The maximum absolute atomic E-state index is 14.8. The van der Waals surface area contributed by atoms with E-state index in [-0.39, 0.29) is 52.1 Å². The molecule has 17 heteroatoms. The number of anilines is 2. The summed E-state index contributed by atoms with van der Waals surface area (Å²) in [6.07, 6.45) is 6.15. The van der Waals surface area contributed by atoms with Crippen molar-refractivity contribution in [3.63, 3.8) is 0 Å². The van der Waals surface area contributed by atoms with Crippen LogP contribution in [0.15, 0.2) is 46.4 Å². The summed E-state index contributed by atoms with van der Waals surface area (Å²) < 4.78 is 33.4. The van der Waals surface area contributed by atoms with E-state index in [1.165, 1.54) is 15.7 Å². The predicted molar refractivity (Wildman–Crippen MR) is 162 cm³/mol. The Labute approximate surface area is 263 Å². The van der Waals surface area contributed by atoms with Crippen LogP contribution in [0.2, 0.25) is 10.0 Å². The molecule has 0 aliphatic carbocycles. The predicted octanol–water partition coefficient (Wildman–Crippen LogP) is 3.32. The van der Waals surface area contributed by atoms with Crippen molar-refractivity contribution in [2.75, 3.05) is 18.4 Å². The standard InChI is InChI=1S/C28H26Cl2F2N10O3/c1-38-15-33-24(37-38)13-42-27(44)35-26(41(28(42)45)12-16-7-18(29)21(32)10-20(16)31)34-23-8-17-11-40(36-22(17)9-19(23)30)14-25(43)39-5-3-2-4-6-39/h7-11,15H,2-6,12-14H2,1H3,(H,34,35,44). The van der Waals surface area contributed by atoms with E-state index >= 15 is 0 Å². The van der Waals surface area contributed by atoms with Gasteiger partial charge in [0.2, 0.25) is 11.9 Å². The quantitative estimate of drug-likeness (QED) is 0.251. The molecule has 3 aromatic heterocycles. The number of hydrogen-bond donors (Lipinski definition) is 1. The molecule has 1 amide bonds. The maximum atomic E-state index is 14.8. The summed E-state index contributed by atoms with van der Waals surface area (Å²) in [4.78, 5) is 49.5. The number of halogens is 4. The number of piperidine rings is 1. The highest BCUT2D eigenvalue weighted by Gasteiger charge is 2.21. The van der Waals surface area contributed by atoms with Crippen LogP contribution in [0.25, 0.3) is 10.9 Å². The van der Waals surface area contributed by atoms with Crippen molar-refractivity contribution < 1.29 is 13.6 Å². The zero-order chi connectivity index (χ0) is 31.8. The SMILES string of the molecule is Cn1cnc(Cn2c(=O)nc(Nc3cc4cn(CC(=O)N5CCCCC5)nc4cc3Cl)n(Cc3cc(Cl)c(F)cc3F)c2=O)n1. The lowest BCUT2D eigenvalue weighted by Crippen LogP contribution is -2.43. The van der Waals surface area contributed by atoms with E-state index in [1.54, 1.807) is 25.4 Å². The number of aryl methyl sites for hydroxylation is 1. The molecule has 5 aromatic rings. The minimum absolute atomic E-state index is 0.0326. The summed E-state index contributed by atoms with van der Waals surface area (Å²) in [6, 6.07) is 4.85. The second-order valence-corrected chi connectivity index (χ2v) is 11.5. The molecule has 4 heterocycles. The lowest BCUT2D eigenvalue weighted by Gasteiger charge is -2.26. The van der Waals surface area contributed by atoms with Crippen molar-refractivity contribution >= 4 is 51.6 Å². The molecular formula is C28H26Cl2F2N10O3. The summed E-state index contributed by atoms with van der Waals surface area (Å²) in [6.45, 7) is 0.733. The summed E-state index contributed by atoms with van der Waals surface area (Å²) in [5.74, 6) is -2.04. The Morgan fingerprint density at radius 2 is 1.73 bits per heavy atom. The highest BCUT2D eigenvalue weighted by atomic mass is 35.5. The molecule has 1 aliphatic heterocycles. The van der Waals surface area contributed by atoms with Crippen LogP contribution in [0.4, 0.5) is 20.4 Å². The number of carbonyl (C=O) groups excluding carboxylic acids is 1. The molecular weight excluding hydrogens is 633 g/mol. The van der Waals surface area contributed by atoms with Gasteiger partial charge < -0.3 is 10.2 Å². The number of nitrogens with one attached hydrogen (secondary N) is 1. The Morgan fingerprint density at radius 3 is 2.47 bits per heavy atom. The Morgan fingerprint density at radius 1 is 0.956 bits per heavy atom. The summed E-state index contributed by atoms with van der Waals surface area (Å²) in [7, 11) is 1.63. The molecule has 1 fully saturated rings. The van der Waals surface area contributed by atoms with Crippen LogP contribution in [0.3, 0.4) is 0 Å². The third-order valence-electron chi connectivity index (χ3n) is 7.41. The Bertz CT molecular complexity index is 2050. The zero-order valence-electron chi connectivity index (χ0n) is 23.9. The van der Waals surface area contributed by atoms with Crippen molar-refractivity contribution in [1.82, 2.24) is 43.6 Å². The van der Waals surface area contributed by atoms with Crippen LogP contribution in [-0.4, -0.2) is 62.6 Å². The molecule has 0 bridgehead atoms. The molecule has 2 aromatic carbocycles. The highest BCUT2D eigenvalue weighted by molar-refractivity contribution is 6.34. The minimum Gasteiger partial charge on any atom is -0.341 e. The number of nitrogens with zero attached hydrogens (tertiary/aromatic N) is 9. The monoisotopic (exact) mass is 658 g/mol. The molecule has 0 radical (unpaired) electrons. The normalized spacial score (nSPS) is 13.5.